The Balaban J connectivity index is 1.36. The molecule has 7 nitrogen and oxygen atoms in total. The average molecular weight is 392 g/mol. The molecule has 1 fully saturated rings. The summed E-state index contributed by atoms with van der Waals surface area (Å²) in [7, 11) is 0. The average Bonchev–Trinajstić information content (AvgIpc) is 3.18. The van der Waals surface area contributed by atoms with Crippen LogP contribution in [0.2, 0.25) is 0 Å². The molecule has 2 amide bonds. The topological polar surface area (TPSA) is 87.3 Å². The Labute approximate surface area is 169 Å². The van der Waals surface area contributed by atoms with E-state index in [-0.39, 0.29) is 17.9 Å². The first-order valence-corrected chi connectivity index (χ1v) is 9.90. The lowest BCUT2D eigenvalue weighted by molar-refractivity contribution is 0.0693. The van der Waals surface area contributed by atoms with Gasteiger partial charge in [-0.3, -0.25) is 14.6 Å². The molecule has 3 heterocycles. The number of fused-ring (bicyclic) bond motifs is 1. The molecule has 2 N–H and O–H groups in total. The predicted molar refractivity (Wildman–Crippen MR) is 110 cm³/mol. The van der Waals surface area contributed by atoms with Gasteiger partial charge in [-0.2, -0.15) is 0 Å². The first-order chi connectivity index (χ1) is 14.1. The molecule has 0 unspecified atom stereocenters. The molecule has 0 bridgehead atoms. The number of nitrogens with one attached hydrogen (secondary N) is 2. The van der Waals surface area contributed by atoms with Crippen molar-refractivity contribution < 1.29 is 14.3 Å². The first-order valence-electron chi connectivity index (χ1n) is 9.90. The van der Waals surface area contributed by atoms with Crippen LogP contribution in [0.3, 0.4) is 0 Å². The van der Waals surface area contributed by atoms with Crippen LogP contribution >= 0.6 is 0 Å². The van der Waals surface area contributed by atoms with Crippen molar-refractivity contribution in [1.82, 2.24) is 20.2 Å². The number of ether oxygens (including phenoxy) is 1. The second-order valence-electron chi connectivity index (χ2n) is 7.15. The fourth-order valence-corrected chi connectivity index (χ4v) is 3.64. The minimum absolute atomic E-state index is 0.0174. The second kappa shape index (κ2) is 8.34. The van der Waals surface area contributed by atoms with Gasteiger partial charge >= 0.3 is 0 Å². The molecule has 2 aromatic heterocycles. The number of aromatic nitrogens is 2. The number of carbonyl (C=O) groups is 2. The first kappa shape index (κ1) is 19.0. The highest BCUT2D eigenvalue weighted by molar-refractivity contribution is 5.98. The van der Waals surface area contributed by atoms with E-state index in [2.05, 4.69) is 15.3 Å². The molecular formula is C22H24N4O3. The number of H-pyrrole nitrogens is 1. The predicted octanol–water partition coefficient (Wildman–Crippen LogP) is 3.00. The summed E-state index contributed by atoms with van der Waals surface area (Å²) in [5.74, 6) is 0.644. The molecule has 1 aliphatic rings. The molecule has 4 rings (SSSR count). The number of amides is 2. The van der Waals surface area contributed by atoms with Crippen LogP contribution in [0.5, 0.6) is 5.75 Å². The number of rotatable bonds is 5. The van der Waals surface area contributed by atoms with Crippen LogP contribution in [0.15, 0.2) is 48.8 Å². The minimum Gasteiger partial charge on any atom is -0.494 e. The molecule has 150 valence electrons. The van der Waals surface area contributed by atoms with Gasteiger partial charge in [0.2, 0.25) is 0 Å². The van der Waals surface area contributed by atoms with Crippen molar-refractivity contribution in [1.29, 1.82) is 0 Å². The van der Waals surface area contributed by atoms with Crippen molar-refractivity contribution in [2.24, 2.45) is 0 Å². The molecule has 0 radical (unpaired) electrons. The van der Waals surface area contributed by atoms with Gasteiger partial charge in [-0.05, 0) is 50.1 Å². The minimum atomic E-state index is -0.122. The van der Waals surface area contributed by atoms with Crippen molar-refractivity contribution in [2.75, 3.05) is 19.7 Å². The largest absolute Gasteiger partial charge is 0.494 e. The summed E-state index contributed by atoms with van der Waals surface area (Å²) in [5, 5.41) is 4.02. The van der Waals surface area contributed by atoms with Gasteiger partial charge in [0.05, 0.1) is 12.2 Å². The lowest BCUT2D eigenvalue weighted by Crippen LogP contribution is -2.46. The summed E-state index contributed by atoms with van der Waals surface area (Å²) in [6.07, 6.45) is 4.66. The SMILES string of the molecule is CCOc1ccc2cc(C(=O)N3CCC(NC(=O)c4cccnc4)CC3)[nH]c2c1. The van der Waals surface area contributed by atoms with Gasteiger partial charge in [0.1, 0.15) is 11.4 Å². The van der Waals surface area contributed by atoms with Crippen LogP contribution in [-0.4, -0.2) is 52.4 Å². The lowest BCUT2D eigenvalue weighted by atomic mass is 10.0. The van der Waals surface area contributed by atoms with Gasteiger partial charge in [0.15, 0.2) is 0 Å². The zero-order valence-corrected chi connectivity index (χ0v) is 16.4. The number of hydrogen-bond acceptors (Lipinski definition) is 4. The maximum absolute atomic E-state index is 12.9. The quantitative estimate of drug-likeness (QED) is 0.699. The number of aromatic amines is 1. The molecule has 0 spiro atoms. The van der Waals surface area contributed by atoms with Gasteiger partial charge in [0, 0.05) is 48.5 Å². The fraction of sp³-hybridized carbons (Fsp3) is 0.318. The number of piperidine rings is 1. The second-order valence-corrected chi connectivity index (χ2v) is 7.15. The van der Waals surface area contributed by atoms with Gasteiger partial charge in [-0.15, -0.1) is 0 Å². The van der Waals surface area contributed by atoms with Crippen LogP contribution in [0.4, 0.5) is 0 Å². The molecule has 0 atom stereocenters. The fourth-order valence-electron chi connectivity index (χ4n) is 3.64. The zero-order valence-electron chi connectivity index (χ0n) is 16.4. The summed E-state index contributed by atoms with van der Waals surface area (Å²) < 4.78 is 5.52. The molecule has 0 aliphatic carbocycles. The number of carbonyl (C=O) groups excluding carboxylic acids is 2. The van der Waals surface area contributed by atoms with E-state index in [1.54, 1.807) is 24.5 Å². The Morgan fingerprint density at radius 2 is 2.07 bits per heavy atom. The molecule has 7 heteroatoms. The Morgan fingerprint density at radius 3 is 2.79 bits per heavy atom. The van der Waals surface area contributed by atoms with Gasteiger partial charge in [0.25, 0.3) is 11.8 Å². The van der Waals surface area contributed by atoms with E-state index in [9.17, 15) is 9.59 Å². The Kier molecular flexibility index (Phi) is 5.46. The molecule has 1 aromatic carbocycles. The molecule has 0 saturated carbocycles. The highest BCUT2D eigenvalue weighted by Gasteiger charge is 2.25. The molecule has 1 saturated heterocycles. The third-order valence-corrected chi connectivity index (χ3v) is 5.18. The van der Waals surface area contributed by atoms with Crippen LogP contribution < -0.4 is 10.1 Å². The third-order valence-electron chi connectivity index (χ3n) is 5.18. The molecular weight excluding hydrogens is 368 g/mol. The van der Waals surface area contributed by atoms with Crippen molar-refractivity contribution in [3.63, 3.8) is 0 Å². The van der Waals surface area contributed by atoms with Gasteiger partial charge in [-0.1, -0.05) is 0 Å². The van der Waals surface area contributed by atoms with Crippen LogP contribution in [0.1, 0.15) is 40.6 Å². The van der Waals surface area contributed by atoms with E-state index >= 15 is 0 Å². The van der Waals surface area contributed by atoms with E-state index in [1.807, 2.05) is 36.1 Å². The maximum Gasteiger partial charge on any atom is 0.270 e. The van der Waals surface area contributed by atoms with Crippen LogP contribution in [-0.2, 0) is 0 Å². The maximum atomic E-state index is 12.9. The number of pyridine rings is 1. The van der Waals surface area contributed by atoms with Crippen molar-refractivity contribution in [3.8, 4) is 5.75 Å². The third kappa shape index (κ3) is 4.23. The van der Waals surface area contributed by atoms with Crippen molar-refractivity contribution in [3.05, 3.63) is 60.0 Å². The highest BCUT2D eigenvalue weighted by Crippen LogP contribution is 2.23. The van der Waals surface area contributed by atoms with Gasteiger partial charge in [-0.25, -0.2) is 0 Å². The number of likely N-dealkylation sites (tertiary alicyclic amines) is 1. The lowest BCUT2D eigenvalue weighted by Gasteiger charge is -2.32. The number of benzene rings is 1. The van der Waals surface area contributed by atoms with E-state index < -0.39 is 0 Å². The van der Waals surface area contributed by atoms with Crippen molar-refractivity contribution >= 4 is 22.7 Å². The highest BCUT2D eigenvalue weighted by atomic mass is 16.5. The van der Waals surface area contributed by atoms with E-state index in [4.69, 9.17) is 4.74 Å². The normalized spacial score (nSPS) is 14.7. The van der Waals surface area contributed by atoms with Gasteiger partial charge < -0.3 is 19.9 Å². The molecule has 3 aromatic rings. The smallest absolute Gasteiger partial charge is 0.270 e. The van der Waals surface area contributed by atoms with E-state index in [0.717, 1.165) is 29.5 Å². The zero-order chi connectivity index (χ0) is 20.2. The Hall–Kier alpha value is -3.35. The summed E-state index contributed by atoms with van der Waals surface area (Å²) in [6.45, 7) is 3.76. The summed E-state index contributed by atoms with van der Waals surface area (Å²) >= 11 is 0. The molecule has 29 heavy (non-hydrogen) atoms. The standard InChI is InChI=1S/C22H24N4O3/c1-2-29-18-6-5-15-12-20(25-19(15)13-18)22(28)26-10-7-17(8-11-26)24-21(27)16-4-3-9-23-14-16/h3-6,9,12-14,17,25H,2,7-8,10-11H2,1H3,(H,24,27). The van der Waals surface area contributed by atoms with Crippen LogP contribution in [0, 0.1) is 0 Å². The number of hydrogen-bond donors (Lipinski definition) is 2. The summed E-state index contributed by atoms with van der Waals surface area (Å²) in [5.41, 5.74) is 2.01. The number of nitrogens with zero attached hydrogens (tertiary/aromatic N) is 2. The van der Waals surface area contributed by atoms with E-state index in [1.165, 1.54) is 0 Å². The summed E-state index contributed by atoms with van der Waals surface area (Å²) in [4.78, 5) is 34.2. The van der Waals surface area contributed by atoms with Crippen LogP contribution in [0.25, 0.3) is 10.9 Å². The Morgan fingerprint density at radius 1 is 1.24 bits per heavy atom. The monoisotopic (exact) mass is 392 g/mol. The Bertz CT molecular complexity index is 1010. The van der Waals surface area contributed by atoms with E-state index in [0.29, 0.717) is 31.0 Å². The summed E-state index contributed by atoms with van der Waals surface area (Å²) in [6, 6.07) is 11.2. The van der Waals surface area contributed by atoms with Crippen molar-refractivity contribution in [2.45, 2.75) is 25.8 Å². The molecule has 1 aliphatic heterocycles.